The number of pyridine rings is 1. The van der Waals surface area contributed by atoms with Gasteiger partial charge in [-0.1, -0.05) is 29.3 Å². The Hall–Kier alpha value is -3.13. The van der Waals surface area contributed by atoms with Gasteiger partial charge in [-0.25, -0.2) is 22.5 Å². The third-order valence-corrected chi connectivity index (χ3v) is 5.67. The number of hydrogen-bond donors (Lipinski definition) is 1. The van der Waals surface area contributed by atoms with E-state index < -0.39 is 42.1 Å². The van der Waals surface area contributed by atoms with E-state index in [1.54, 1.807) is 6.07 Å². The average molecular weight is 513 g/mol. The van der Waals surface area contributed by atoms with Gasteiger partial charge in [0.1, 0.15) is 18.0 Å². The summed E-state index contributed by atoms with van der Waals surface area (Å²) in [5.41, 5.74) is -4.46. The molecule has 0 fully saturated rings. The molecule has 0 saturated carbocycles. The zero-order valence-corrected chi connectivity index (χ0v) is 19.1. The van der Waals surface area contributed by atoms with E-state index in [1.807, 2.05) is 0 Å². The average Bonchev–Trinajstić information content (AvgIpc) is 2.76. The number of rotatable bonds is 7. The quantitative estimate of drug-likeness (QED) is 0.515. The Bertz CT molecular complexity index is 1400. The molecule has 0 bridgehead atoms. The van der Waals surface area contributed by atoms with Crippen LogP contribution in [0.25, 0.3) is 16.8 Å². The normalized spacial score (nSPS) is 13.0. The van der Waals surface area contributed by atoms with Crippen LogP contribution in [0.2, 0.25) is 10.0 Å². The van der Waals surface area contributed by atoms with Crippen LogP contribution in [0.5, 0.6) is 0 Å². The lowest BCUT2D eigenvalue weighted by atomic mass is 9.95. The number of aromatic nitrogens is 3. The Balaban J connectivity index is 2.40. The van der Waals surface area contributed by atoms with E-state index in [4.69, 9.17) is 23.2 Å². The molecule has 0 aliphatic carbocycles. The van der Waals surface area contributed by atoms with Gasteiger partial charge >= 0.3 is 5.69 Å². The molecule has 0 aliphatic rings. The van der Waals surface area contributed by atoms with E-state index >= 15 is 0 Å². The summed E-state index contributed by atoms with van der Waals surface area (Å²) in [7, 11) is 0. The van der Waals surface area contributed by atoms with Gasteiger partial charge in [0.2, 0.25) is 0 Å². The summed E-state index contributed by atoms with van der Waals surface area (Å²) in [4.78, 5) is 30.7. The molecule has 3 aromatic rings. The van der Waals surface area contributed by atoms with E-state index in [-0.39, 0.29) is 39.0 Å². The van der Waals surface area contributed by atoms with Crippen LogP contribution < -0.4 is 11.2 Å². The summed E-state index contributed by atoms with van der Waals surface area (Å²) >= 11 is 11.9. The molecule has 7 nitrogen and oxygen atoms in total. The SMILES string of the molecule is C[C@@](O)(CCc1c(-c2ccc(F)c(Cl)c2)c(=O)n(-c2cncc(Cl)c2)c(=O)n1CC#N)C(F)F. The fourth-order valence-corrected chi connectivity index (χ4v) is 3.71. The number of alkyl halides is 2. The summed E-state index contributed by atoms with van der Waals surface area (Å²) in [5.74, 6) is -0.766. The molecule has 178 valence electrons. The molecule has 0 amide bonds. The van der Waals surface area contributed by atoms with Crippen LogP contribution in [0.15, 0.2) is 46.2 Å². The smallest absolute Gasteiger partial charge is 0.336 e. The summed E-state index contributed by atoms with van der Waals surface area (Å²) in [6.07, 6.45) is -1.54. The minimum Gasteiger partial charge on any atom is -0.384 e. The Morgan fingerprint density at radius 1 is 1.24 bits per heavy atom. The zero-order chi connectivity index (χ0) is 25.2. The summed E-state index contributed by atoms with van der Waals surface area (Å²) in [6.45, 7) is 0.374. The van der Waals surface area contributed by atoms with Gasteiger partial charge in [-0.3, -0.25) is 14.3 Å². The van der Waals surface area contributed by atoms with Gasteiger partial charge in [0.15, 0.2) is 0 Å². The molecule has 3 rings (SSSR count). The van der Waals surface area contributed by atoms with E-state index in [0.717, 1.165) is 28.2 Å². The highest BCUT2D eigenvalue weighted by Crippen LogP contribution is 2.28. The molecule has 34 heavy (non-hydrogen) atoms. The number of benzene rings is 1. The largest absolute Gasteiger partial charge is 0.384 e. The maximum Gasteiger partial charge on any atom is 0.336 e. The number of aliphatic hydroxyl groups is 1. The lowest BCUT2D eigenvalue weighted by Gasteiger charge is -2.24. The third-order valence-electron chi connectivity index (χ3n) is 5.18. The molecule has 1 aromatic carbocycles. The number of nitrogens with zero attached hydrogens (tertiary/aromatic N) is 4. The van der Waals surface area contributed by atoms with Crippen molar-refractivity contribution >= 4 is 23.2 Å². The predicted molar refractivity (Wildman–Crippen MR) is 120 cm³/mol. The molecular weight excluding hydrogens is 496 g/mol. The molecule has 1 atom stereocenters. The van der Waals surface area contributed by atoms with Gasteiger partial charge in [-0.15, -0.1) is 0 Å². The highest BCUT2D eigenvalue weighted by atomic mass is 35.5. The van der Waals surface area contributed by atoms with Crippen molar-refractivity contribution in [2.24, 2.45) is 0 Å². The minimum atomic E-state index is -3.11. The fourth-order valence-electron chi connectivity index (χ4n) is 3.36. The summed E-state index contributed by atoms with van der Waals surface area (Å²) in [5, 5.41) is 19.2. The third kappa shape index (κ3) is 5.01. The van der Waals surface area contributed by atoms with Crippen LogP contribution in [0.4, 0.5) is 13.2 Å². The molecule has 2 aromatic heterocycles. The van der Waals surface area contributed by atoms with E-state index in [1.165, 1.54) is 24.5 Å². The van der Waals surface area contributed by atoms with Crippen molar-refractivity contribution in [2.45, 2.75) is 38.3 Å². The summed E-state index contributed by atoms with van der Waals surface area (Å²) in [6, 6.07) is 6.48. The zero-order valence-electron chi connectivity index (χ0n) is 17.6. The first-order chi connectivity index (χ1) is 16.0. The first kappa shape index (κ1) is 25.5. The molecule has 0 spiro atoms. The first-order valence-electron chi connectivity index (χ1n) is 9.80. The van der Waals surface area contributed by atoms with Crippen molar-refractivity contribution in [2.75, 3.05) is 0 Å². The Morgan fingerprint density at radius 3 is 2.53 bits per heavy atom. The Morgan fingerprint density at radius 2 is 1.94 bits per heavy atom. The van der Waals surface area contributed by atoms with Gasteiger partial charge < -0.3 is 5.11 Å². The van der Waals surface area contributed by atoms with Crippen LogP contribution in [0, 0.1) is 17.1 Å². The van der Waals surface area contributed by atoms with Crippen LogP contribution >= 0.6 is 23.2 Å². The predicted octanol–water partition coefficient (Wildman–Crippen LogP) is 3.98. The highest BCUT2D eigenvalue weighted by Gasteiger charge is 2.33. The lowest BCUT2D eigenvalue weighted by molar-refractivity contribution is -0.0875. The van der Waals surface area contributed by atoms with E-state index in [9.17, 15) is 33.1 Å². The number of halogens is 5. The van der Waals surface area contributed by atoms with Crippen molar-refractivity contribution in [3.05, 3.63) is 79.1 Å². The van der Waals surface area contributed by atoms with Gasteiger partial charge in [-0.2, -0.15) is 5.26 Å². The topological polar surface area (TPSA) is 101 Å². The fraction of sp³-hybridized carbons (Fsp3) is 0.273. The molecule has 2 heterocycles. The van der Waals surface area contributed by atoms with Crippen molar-refractivity contribution in [3.63, 3.8) is 0 Å². The van der Waals surface area contributed by atoms with E-state index in [0.29, 0.717) is 0 Å². The van der Waals surface area contributed by atoms with Gasteiger partial charge in [0, 0.05) is 11.9 Å². The molecule has 0 aliphatic heterocycles. The van der Waals surface area contributed by atoms with Crippen molar-refractivity contribution in [1.29, 1.82) is 5.26 Å². The standard InChI is InChI=1S/C22H17Cl2F3N4O3/c1-22(34,20(26)27)5-4-17-18(12-2-3-16(25)15(24)8-12)19(32)31(21(33)30(17)7-6-28)14-9-13(23)10-29-11-14/h2-3,8-11,20,34H,4-5,7H2,1H3/t22-/m1/s1. The van der Waals surface area contributed by atoms with Crippen LogP contribution in [0.1, 0.15) is 19.0 Å². The van der Waals surface area contributed by atoms with Crippen molar-refractivity contribution < 1.29 is 18.3 Å². The monoisotopic (exact) mass is 512 g/mol. The molecule has 12 heteroatoms. The van der Waals surface area contributed by atoms with Gasteiger partial charge in [0.05, 0.1) is 33.6 Å². The second-order valence-corrected chi connectivity index (χ2v) is 8.48. The second-order valence-electron chi connectivity index (χ2n) is 7.64. The molecular formula is C22H17Cl2F3N4O3. The lowest BCUT2D eigenvalue weighted by Crippen LogP contribution is -2.42. The minimum absolute atomic E-state index is 0.00484. The van der Waals surface area contributed by atoms with Crippen LogP contribution in [-0.4, -0.2) is 31.3 Å². The maximum absolute atomic E-state index is 13.8. The molecule has 0 radical (unpaired) electrons. The highest BCUT2D eigenvalue weighted by molar-refractivity contribution is 6.31. The second kappa shape index (κ2) is 10.0. The summed E-state index contributed by atoms with van der Waals surface area (Å²) < 4.78 is 42.0. The number of nitriles is 1. The molecule has 0 saturated heterocycles. The number of hydrogen-bond acceptors (Lipinski definition) is 5. The molecule has 1 N–H and O–H groups in total. The molecule has 0 unspecified atom stereocenters. The Labute approximate surface area is 201 Å². The van der Waals surface area contributed by atoms with Gasteiger partial charge in [0.25, 0.3) is 12.0 Å². The Kier molecular flexibility index (Phi) is 7.51. The van der Waals surface area contributed by atoms with Crippen LogP contribution in [0.3, 0.4) is 0 Å². The van der Waals surface area contributed by atoms with Crippen LogP contribution in [-0.2, 0) is 13.0 Å². The van der Waals surface area contributed by atoms with Gasteiger partial charge in [-0.05, 0) is 43.5 Å². The maximum atomic E-state index is 13.8. The first-order valence-corrected chi connectivity index (χ1v) is 10.6. The van der Waals surface area contributed by atoms with Crippen molar-refractivity contribution in [3.8, 4) is 22.9 Å². The van der Waals surface area contributed by atoms with Crippen molar-refractivity contribution in [1.82, 2.24) is 14.1 Å². The van der Waals surface area contributed by atoms with E-state index in [2.05, 4.69) is 4.98 Å².